The van der Waals surface area contributed by atoms with Crippen LogP contribution in [0.25, 0.3) is 11.4 Å². The van der Waals surface area contributed by atoms with Gasteiger partial charge in [-0.05, 0) is 68.5 Å². The SMILES string of the molecule is CCCCCc1cc2c(c(O)c1-c1nnn[nH]1)C1C=C(C)CCC1C(C)(C)O2. The predicted molar refractivity (Wildman–Crippen MR) is 108 cm³/mol. The van der Waals surface area contributed by atoms with Crippen LogP contribution in [0, 0.1) is 5.92 Å². The Labute approximate surface area is 166 Å². The lowest BCUT2D eigenvalue weighted by Gasteiger charge is -2.46. The number of phenols is 1. The number of aryl methyl sites for hydroxylation is 1. The lowest BCUT2D eigenvalue weighted by Crippen LogP contribution is -2.45. The van der Waals surface area contributed by atoms with Gasteiger partial charge in [-0.3, -0.25) is 0 Å². The molecule has 0 spiro atoms. The summed E-state index contributed by atoms with van der Waals surface area (Å²) in [7, 11) is 0. The van der Waals surface area contributed by atoms with Gasteiger partial charge in [-0.15, -0.1) is 5.10 Å². The summed E-state index contributed by atoms with van der Waals surface area (Å²) in [6.07, 6.45) is 8.66. The number of benzene rings is 1. The Hall–Kier alpha value is -2.37. The van der Waals surface area contributed by atoms with E-state index in [9.17, 15) is 5.11 Å². The van der Waals surface area contributed by atoms with Gasteiger partial charge < -0.3 is 9.84 Å². The minimum atomic E-state index is -0.267. The highest BCUT2D eigenvalue weighted by molar-refractivity contribution is 5.74. The van der Waals surface area contributed by atoms with E-state index in [1.165, 1.54) is 5.57 Å². The Morgan fingerprint density at radius 1 is 1.32 bits per heavy atom. The molecule has 150 valence electrons. The van der Waals surface area contributed by atoms with Crippen molar-refractivity contribution in [1.82, 2.24) is 20.6 Å². The normalized spacial score (nSPS) is 22.8. The van der Waals surface area contributed by atoms with Crippen LogP contribution in [-0.2, 0) is 6.42 Å². The Kier molecular flexibility index (Phi) is 4.89. The van der Waals surface area contributed by atoms with Crippen LogP contribution in [0.3, 0.4) is 0 Å². The molecule has 1 aromatic heterocycles. The standard InChI is InChI=1S/C22H30N4O2/c1-5-6-7-8-14-12-17-19(20(27)18(14)21-23-25-26-24-21)15-11-13(2)9-10-16(15)22(3,4)28-17/h11-12,15-16,27H,5-10H2,1-4H3,(H,23,24,25,26). The number of aromatic hydroxyl groups is 1. The van der Waals surface area contributed by atoms with Crippen LogP contribution >= 0.6 is 0 Å². The third-order valence-electron chi connectivity index (χ3n) is 6.36. The van der Waals surface area contributed by atoms with Gasteiger partial charge in [-0.1, -0.05) is 31.4 Å². The minimum absolute atomic E-state index is 0.145. The molecule has 2 N–H and O–H groups in total. The number of nitrogens with zero attached hydrogens (tertiary/aromatic N) is 3. The molecule has 2 atom stereocenters. The lowest BCUT2D eigenvalue weighted by atomic mass is 9.67. The first-order valence-corrected chi connectivity index (χ1v) is 10.4. The molecule has 2 unspecified atom stereocenters. The highest BCUT2D eigenvalue weighted by Gasteiger charge is 2.46. The molecule has 4 rings (SSSR count). The van der Waals surface area contributed by atoms with E-state index in [-0.39, 0.29) is 17.3 Å². The smallest absolute Gasteiger partial charge is 0.183 e. The number of hydrogen-bond acceptors (Lipinski definition) is 5. The molecule has 6 nitrogen and oxygen atoms in total. The summed E-state index contributed by atoms with van der Waals surface area (Å²) in [5.74, 6) is 2.06. The van der Waals surface area contributed by atoms with E-state index in [0.29, 0.717) is 11.7 Å². The van der Waals surface area contributed by atoms with E-state index in [4.69, 9.17) is 4.74 Å². The summed E-state index contributed by atoms with van der Waals surface area (Å²) in [5, 5.41) is 25.8. The van der Waals surface area contributed by atoms with E-state index in [0.717, 1.165) is 61.0 Å². The fourth-order valence-electron chi connectivity index (χ4n) is 4.90. The number of aromatic nitrogens is 4. The van der Waals surface area contributed by atoms with Crippen LogP contribution in [0.5, 0.6) is 11.5 Å². The van der Waals surface area contributed by atoms with Gasteiger partial charge in [0.2, 0.25) is 0 Å². The molecule has 6 heteroatoms. The number of hydrogen-bond donors (Lipinski definition) is 2. The molecular formula is C22H30N4O2. The average Bonchev–Trinajstić information content (AvgIpc) is 3.15. The second-order valence-corrected chi connectivity index (χ2v) is 8.77. The number of tetrazole rings is 1. The summed E-state index contributed by atoms with van der Waals surface area (Å²) in [6.45, 7) is 8.71. The monoisotopic (exact) mass is 382 g/mol. The van der Waals surface area contributed by atoms with Crippen LogP contribution < -0.4 is 4.74 Å². The van der Waals surface area contributed by atoms with Gasteiger partial charge in [0.15, 0.2) is 5.82 Å². The Balaban J connectivity index is 1.89. The molecule has 0 fully saturated rings. The highest BCUT2D eigenvalue weighted by Crippen LogP contribution is 2.55. The van der Waals surface area contributed by atoms with E-state index >= 15 is 0 Å². The molecule has 0 saturated heterocycles. The zero-order valence-corrected chi connectivity index (χ0v) is 17.2. The molecule has 2 aromatic rings. The van der Waals surface area contributed by atoms with Crippen LogP contribution in [0.15, 0.2) is 17.7 Å². The number of fused-ring (bicyclic) bond motifs is 3. The van der Waals surface area contributed by atoms with E-state index < -0.39 is 0 Å². The molecule has 2 heterocycles. The maximum absolute atomic E-state index is 11.4. The van der Waals surface area contributed by atoms with Gasteiger partial charge in [0.05, 0.1) is 5.56 Å². The van der Waals surface area contributed by atoms with Crippen molar-refractivity contribution in [3.05, 3.63) is 28.8 Å². The third kappa shape index (κ3) is 3.19. The Morgan fingerprint density at radius 3 is 2.86 bits per heavy atom. The number of allylic oxidation sites excluding steroid dienone is 2. The first kappa shape index (κ1) is 19.0. The molecule has 0 saturated carbocycles. The largest absolute Gasteiger partial charge is 0.507 e. The molecule has 1 aromatic carbocycles. The van der Waals surface area contributed by atoms with Gasteiger partial charge >= 0.3 is 0 Å². The fraction of sp³-hybridized carbons (Fsp3) is 0.591. The lowest BCUT2D eigenvalue weighted by molar-refractivity contribution is 0.0108. The topological polar surface area (TPSA) is 83.9 Å². The maximum Gasteiger partial charge on any atom is 0.183 e. The van der Waals surface area contributed by atoms with Crippen molar-refractivity contribution >= 4 is 0 Å². The third-order valence-corrected chi connectivity index (χ3v) is 6.36. The van der Waals surface area contributed by atoms with Crippen molar-refractivity contribution in [2.75, 3.05) is 0 Å². The van der Waals surface area contributed by atoms with Crippen molar-refractivity contribution < 1.29 is 9.84 Å². The van der Waals surface area contributed by atoms with Crippen LogP contribution in [0.4, 0.5) is 0 Å². The second-order valence-electron chi connectivity index (χ2n) is 8.77. The molecule has 0 radical (unpaired) electrons. The van der Waals surface area contributed by atoms with Gasteiger partial charge in [0.1, 0.15) is 17.1 Å². The van der Waals surface area contributed by atoms with Gasteiger partial charge in [-0.25, -0.2) is 5.10 Å². The molecule has 28 heavy (non-hydrogen) atoms. The number of unbranched alkanes of at least 4 members (excludes halogenated alkanes) is 2. The van der Waals surface area contributed by atoms with E-state index in [1.807, 2.05) is 0 Å². The zero-order chi connectivity index (χ0) is 19.9. The number of ether oxygens (including phenoxy) is 1. The summed E-state index contributed by atoms with van der Waals surface area (Å²) in [4.78, 5) is 0. The van der Waals surface area contributed by atoms with Crippen molar-refractivity contribution in [2.45, 2.75) is 77.7 Å². The average molecular weight is 383 g/mol. The molecule has 1 aliphatic heterocycles. The van der Waals surface area contributed by atoms with Crippen molar-refractivity contribution in [1.29, 1.82) is 0 Å². The van der Waals surface area contributed by atoms with E-state index in [2.05, 4.69) is 60.5 Å². The summed E-state index contributed by atoms with van der Waals surface area (Å²) in [6, 6.07) is 2.11. The predicted octanol–water partition coefficient (Wildman–Crippen LogP) is 4.92. The second kappa shape index (κ2) is 7.22. The fourth-order valence-corrected chi connectivity index (χ4v) is 4.90. The number of nitrogens with one attached hydrogen (secondary N) is 1. The van der Waals surface area contributed by atoms with Gasteiger partial charge in [0, 0.05) is 17.4 Å². The van der Waals surface area contributed by atoms with Crippen LogP contribution in [0.1, 0.15) is 76.8 Å². The van der Waals surface area contributed by atoms with Gasteiger partial charge in [-0.2, -0.15) is 0 Å². The van der Waals surface area contributed by atoms with Crippen LogP contribution in [-0.4, -0.2) is 31.3 Å². The van der Waals surface area contributed by atoms with Crippen molar-refractivity contribution in [3.8, 4) is 22.9 Å². The first-order valence-electron chi connectivity index (χ1n) is 10.4. The van der Waals surface area contributed by atoms with Gasteiger partial charge in [0.25, 0.3) is 0 Å². The molecule has 0 bridgehead atoms. The first-order chi connectivity index (χ1) is 13.4. The Bertz CT molecular complexity index is 886. The van der Waals surface area contributed by atoms with Crippen LogP contribution in [0.2, 0.25) is 0 Å². The number of phenolic OH excluding ortho intramolecular Hbond substituents is 1. The zero-order valence-electron chi connectivity index (χ0n) is 17.2. The number of H-pyrrole nitrogens is 1. The summed E-state index contributed by atoms with van der Waals surface area (Å²) < 4.78 is 6.47. The number of aromatic amines is 1. The van der Waals surface area contributed by atoms with E-state index in [1.54, 1.807) is 0 Å². The Morgan fingerprint density at radius 2 is 2.14 bits per heavy atom. The van der Waals surface area contributed by atoms with Crippen molar-refractivity contribution in [3.63, 3.8) is 0 Å². The quantitative estimate of drug-likeness (QED) is 0.567. The summed E-state index contributed by atoms with van der Waals surface area (Å²) in [5.41, 5.74) is 3.75. The molecule has 0 amide bonds. The molecular weight excluding hydrogens is 352 g/mol. The van der Waals surface area contributed by atoms with Crippen molar-refractivity contribution in [2.24, 2.45) is 5.92 Å². The minimum Gasteiger partial charge on any atom is -0.507 e. The maximum atomic E-state index is 11.4. The molecule has 1 aliphatic carbocycles. The molecule has 2 aliphatic rings. The highest BCUT2D eigenvalue weighted by atomic mass is 16.5. The summed E-state index contributed by atoms with van der Waals surface area (Å²) >= 11 is 0. The number of rotatable bonds is 5.